The van der Waals surface area contributed by atoms with Crippen LogP contribution in [0, 0.1) is 5.92 Å². The first-order valence-corrected chi connectivity index (χ1v) is 6.15. The van der Waals surface area contributed by atoms with E-state index in [-0.39, 0.29) is 6.10 Å². The van der Waals surface area contributed by atoms with Gasteiger partial charge in [0.05, 0.1) is 11.8 Å². The molecule has 0 bridgehead atoms. The SMILES string of the molecule is C=N/C(=C\C(=C/C)C(C)C)[C@@H]1CCCCO1. The molecule has 2 nitrogen and oxygen atoms in total. The Balaban J connectivity index is 2.79. The van der Waals surface area contributed by atoms with Crippen molar-refractivity contribution in [1.82, 2.24) is 0 Å². The number of nitrogens with zero attached hydrogens (tertiary/aromatic N) is 1. The van der Waals surface area contributed by atoms with Crippen LogP contribution in [0.1, 0.15) is 40.0 Å². The average Bonchev–Trinajstić information content (AvgIpc) is 2.31. The van der Waals surface area contributed by atoms with Crippen LogP contribution in [-0.2, 0) is 4.74 Å². The van der Waals surface area contributed by atoms with E-state index >= 15 is 0 Å². The van der Waals surface area contributed by atoms with Gasteiger partial charge >= 0.3 is 0 Å². The molecule has 1 rings (SSSR count). The third-order valence-corrected chi connectivity index (χ3v) is 3.01. The lowest BCUT2D eigenvalue weighted by molar-refractivity contribution is 0.0387. The fraction of sp³-hybridized carbons (Fsp3) is 0.643. The van der Waals surface area contributed by atoms with E-state index < -0.39 is 0 Å². The van der Waals surface area contributed by atoms with Gasteiger partial charge in [-0.05, 0) is 50.5 Å². The lowest BCUT2D eigenvalue weighted by Gasteiger charge is -2.23. The van der Waals surface area contributed by atoms with Gasteiger partial charge in [-0.25, -0.2) is 0 Å². The van der Waals surface area contributed by atoms with Crippen molar-refractivity contribution in [2.45, 2.75) is 46.1 Å². The Morgan fingerprint density at radius 3 is 2.62 bits per heavy atom. The van der Waals surface area contributed by atoms with Crippen LogP contribution in [0.4, 0.5) is 0 Å². The van der Waals surface area contributed by atoms with Crippen molar-refractivity contribution in [2.75, 3.05) is 6.61 Å². The molecule has 0 aliphatic carbocycles. The smallest absolute Gasteiger partial charge is 0.0994 e. The first-order chi connectivity index (χ1) is 7.69. The van der Waals surface area contributed by atoms with Crippen LogP contribution in [-0.4, -0.2) is 19.4 Å². The molecule has 0 aromatic carbocycles. The fourth-order valence-corrected chi connectivity index (χ4v) is 1.97. The second-order valence-electron chi connectivity index (χ2n) is 4.53. The topological polar surface area (TPSA) is 21.6 Å². The predicted octanol–water partition coefficient (Wildman–Crippen LogP) is 3.74. The van der Waals surface area contributed by atoms with Gasteiger partial charge in [-0.3, -0.25) is 4.99 Å². The van der Waals surface area contributed by atoms with Gasteiger partial charge in [0.25, 0.3) is 0 Å². The number of allylic oxidation sites excluding steroid dienone is 3. The minimum absolute atomic E-state index is 0.153. The van der Waals surface area contributed by atoms with E-state index in [4.69, 9.17) is 4.74 Å². The number of rotatable bonds is 4. The Bertz CT molecular complexity index is 283. The highest BCUT2D eigenvalue weighted by molar-refractivity contribution is 5.34. The molecule has 0 aromatic heterocycles. The Morgan fingerprint density at radius 2 is 2.19 bits per heavy atom. The first-order valence-electron chi connectivity index (χ1n) is 6.15. The Morgan fingerprint density at radius 1 is 1.44 bits per heavy atom. The summed E-state index contributed by atoms with van der Waals surface area (Å²) < 4.78 is 5.73. The van der Waals surface area contributed by atoms with Gasteiger partial charge in [-0.2, -0.15) is 0 Å². The second-order valence-corrected chi connectivity index (χ2v) is 4.53. The highest BCUT2D eigenvalue weighted by Gasteiger charge is 2.18. The van der Waals surface area contributed by atoms with Crippen molar-refractivity contribution in [3.63, 3.8) is 0 Å². The number of aliphatic imine (C=N–C) groups is 1. The average molecular weight is 221 g/mol. The Kier molecular flexibility index (Phi) is 5.47. The summed E-state index contributed by atoms with van der Waals surface area (Å²) in [5, 5.41) is 0. The maximum absolute atomic E-state index is 5.73. The highest BCUT2D eigenvalue weighted by Crippen LogP contribution is 2.23. The van der Waals surface area contributed by atoms with Gasteiger partial charge in [0.2, 0.25) is 0 Å². The molecular formula is C14H23NO. The molecular weight excluding hydrogens is 198 g/mol. The van der Waals surface area contributed by atoms with Gasteiger partial charge in [-0.15, -0.1) is 0 Å². The summed E-state index contributed by atoms with van der Waals surface area (Å²) in [7, 11) is 0. The summed E-state index contributed by atoms with van der Waals surface area (Å²) in [6.45, 7) is 11.0. The van der Waals surface area contributed by atoms with Gasteiger partial charge in [-0.1, -0.05) is 19.9 Å². The summed E-state index contributed by atoms with van der Waals surface area (Å²) >= 11 is 0. The summed E-state index contributed by atoms with van der Waals surface area (Å²) in [4.78, 5) is 4.13. The second kappa shape index (κ2) is 6.64. The van der Waals surface area contributed by atoms with Crippen LogP contribution in [0.25, 0.3) is 0 Å². The van der Waals surface area contributed by atoms with E-state index in [1.807, 2.05) is 0 Å². The van der Waals surface area contributed by atoms with Gasteiger partial charge in [0.1, 0.15) is 0 Å². The van der Waals surface area contributed by atoms with E-state index in [1.54, 1.807) is 0 Å². The lowest BCUT2D eigenvalue weighted by Crippen LogP contribution is -2.20. The van der Waals surface area contributed by atoms with Gasteiger partial charge < -0.3 is 4.74 Å². The minimum atomic E-state index is 0.153. The van der Waals surface area contributed by atoms with Crippen molar-refractivity contribution >= 4 is 6.72 Å². The molecule has 1 atom stereocenters. The molecule has 1 heterocycles. The zero-order valence-electron chi connectivity index (χ0n) is 10.7. The molecule has 0 spiro atoms. The normalized spacial score (nSPS) is 23.6. The standard InChI is InChI=1S/C14H23NO/c1-5-12(11(2)3)10-13(15-4)14-8-6-7-9-16-14/h5,10-11,14H,4,6-9H2,1-3H3/b12-5+,13-10-/t14-/m0/s1. The highest BCUT2D eigenvalue weighted by atomic mass is 16.5. The van der Waals surface area contributed by atoms with Crippen molar-refractivity contribution in [2.24, 2.45) is 10.9 Å². The third-order valence-electron chi connectivity index (χ3n) is 3.01. The van der Waals surface area contributed by atoms with Crippen LogP contribution in [0.5, 0.6) is 0 Å². The zero-order valence-corrected chi connectivity index (χ0v) is 10.7. The molecule has 1 fully saturated rings. The van der Waals surface area contributed by atoms with Crippen molar-refractivity contribution in [1.29, 1.82) is 0 Å². The minimum Gasteiger partial charge on any atom is -0.372 e. The molecule has 0 aromatic rings. The molecule has 1 aliphatic rings. The van der Waals surface area contributed by atoms with E-state index in [2.05, 4.69) is 44.6 Å². The Hall–Kier alpha value is -0.890. The Labute approximate surface area is 99.1 Å². The number of hydrogen-bond acceptors (Lipinski definition) is 2. The number of hydrogen-bond donors (Lipinski definition) is 0. The van der Waals surface area contributed by atoms with Crippen molar-refractivity contribution in [3.05, 3.63) is 23.4 Å². The van der Waals surface area contributed by atoms with Crippen molar-refractivity contribution in [3.8, 4) is 0 Å². The van der Waals surface area contributed by atoms with Crippen LogP contribution in [0.3, 0.4) is 0 Å². The first kappa shape index (κ1) is 13.2. The van der Waals surface area contributed by atoms with E-state index in [0.717, 1.165) is 18.7 Å². The van der Waals surface area contributed by atoms with Gasteiger partial charge in [0, 0.05) is 6.61 Å². The molecule has 0 radical (unpaired) electrons. The fourth-order valence-electron chi connectivity index (χ4n) is 1.97. The molecule has 2 heteroatoms. The van der Waals surface area contributed by atoms with Crippen molar-refractivity contribution < 1.29 is 4.74 Å². The molecule has 90 valence electrons. The van der Waals surface area contributed by atoms with E-state index in [9.17, 15) is 0 Å². The van der Waals surface area contributed by atoms with E-state index in [0.29, 0.717) is 5.92 Å². The summed E-state index contributed by atoms with van der Waals surface area (Å²) in [6.07, 6.45) is 7.89. The predicted molar refractivity (Wildman–Crippen MR) is 69.8 cm³/mol. The lowest BCUT2D eigenvalue weighted by atomic mass is 9.99. The van der Waals surface area contributed by atoms with Crippen LogP contribution in [0.15, 0.2) is 28.4 Å². The number of ether oxygens (including phenoxy) is 1. The third kappa shape index (κ3) is 3.60. The molecule has 1 saturated heterocycles. The van der Waals surface area contributed by atoms with E-state index in [1.165, 1.54) is 18.4 Å². The quantitative estimate of drug-likeness (QED) is 0.523. The largest absolute Gasteiger partial charge is 0.372 e. The summed E-state index contributed by atoms with van der Waals surface area (Å²) in [5.74, 6) is 0.519. The maximum atomic E-state index is 5.73. The zero-order chi connectivity index (χ0) is 12.0. The summed E-state index contributed by atoms with van der Waals surface area (Å²) in [6, 6.07) is 0. The molecule has 0 saturated carbocycles. The molecule has 16 heavy (non-hydrogen) atoms. The maximum Gasteiger partial charge on any atom is 0.0994 e. The van der Waals surface area contributed by atoms with Crippen LogP contribution in [0.2, 0.25) is 0 Å². The molecule has 0 amide bonds. The molecule has 0 N–H and O–H groups in total. The monoisotopic (exact) mass is 221 g/mol. The van der Waals surface area contributed by atoms with Crippen LogP contribution >= 0.6 is 0 Å². The van der Waals surface area contributed by atoms with Gasteiger partial charge in [0.15, 0.2) is 0 Å². The molecule has 0 unspecified atom stereocenters. The van der Waals surface area contributed by atoms with Crippen LogP contribution < -0.4 is 0 Å². The molecule has 1 aliphatic heterocycles. The summed E-state index contributed by atoms with van der Waals surface area (Å²) in [5.41, 5.74) is 2.29.